The highest BCUT2D eigenvalue weighted by atomic mass is 35.5. The van der Waals surface area contributed by atoms with Gasteiger partial charge in [0.25, 0.3) is 0 Å². The molecular weight excluding hydrogens is 392 g/mol. The molecule has 2 aromatic rings. The first-order valence-corrected chi connectivity index (χ1v) is 11.8. The van der Waals surface area contributed by atoms with Crippen molar-refractivity contribution in [3.8, 4) is 0 Å². The highest BCUT2D eigenvalue weighted by molar-refractivity contribution is 7.91. The second-order valence-corrected chi connectivity index (χ2v) is 10.5. The van der Waals surface area contributed by atoms with Gasteiger partial charge < -0.3 is 4.90 Å². The molecule has 0 amide bonds. The van der Waals surface area contributed by atoms with Crippen molar-refractivity contribution >= 4 is 32.2 Å². The van der Waals surface area contributed by atoms with Crippen molar-refractivity contribution in [1.82, 2.24) is 4.90 Å². The van der Waals surface area contributed by atoms with Gasteiger partial charge in [-0.25, -0.2) is 8.42 Å². The smallest absolute Gasteiger partial charge is 0.179 e. The number of halogens is 1. The molecule has 0 bridgehead atoms. The Labute approximate surface area is 171 Å². The van der Waals surface area contributed by atoms with E-state index in [9.17, 15) is 8.42 Å². The van der Waals surface area contributed by atoms with Gasteiger partial charge in [-0.1, -0.05) is 35.9 Å². The van der Waals surface area contributed by atoms with E-state index in [2.05, 4.69) is 41.1 Å². The Morgan fingerprint density at radius 2 is 1.89 bits per heavy atom. The van der Waals surface area contributed by atoms with Gasteiger partial charge >= 0.3 is 0 Å². The highest BCUT2D eigenvalue weighted by Gasteiger charge is 2.33. The van der Waals surface area contributed by atoms with Crippen molar-refractivity contribution in [2.75, 3.05) is 24.2 Å². The molecule has 0 spiro atoms. The standard InChI is InChI=1S/C22H23ClN2O2S/c1-24-20-9-8-16(15-6-7-15)12-18(20)19(23)13-22(24)25-10-11-28(26,27)21-5-3-2-4-17(21)14-25/h2-5,8-9,12-13,15,22H,6-7,10-11,14H2,1H3. The number of fused-ring (bicyclic) bond motifs is 2. The van der Waals surface area contributed by atoms with Gasteiger partial charge in [0.1, 0.15) is 6.17 Å². The first kappa shape index (κ1) is 18.2. The number of anilines is 1. The van der Waals surface area contributed by atoms with E-state index >= 15 is 0 Å². The Hall–Kier alpha value is -1.82. The van der Waals surface area contributed by atoms with Crippen LogP contribution in [0.15, 0.2) is 53.4 Å². The lowest BCUT2D eigenvalue weighted by atomic mass is 10.0. The summed E-state index contributed by atoms with van der Waals surface area (Å²) in [7, 11) is -1.20. The first-order chi connectivity index (χ1) is 13.4. The molecule has 2 aromatic carbocycles. The Kier molecular flexibility index (Phi) is 4.30. The summed E-state index contributed by atoms with van der Waals surface area (Å²) in [6.07, 6.45) is 4.51. The molecule has 1 fully saturated rings. The largest absolute Gasteiger partial charge is 0.355 e. The van der Waals surface area contributed by atoms with Crippen LogP contribution < -0.4 is 4.90 Å². The molecule has 1 aliphatic carbocycles. The first-order valence-electron chi connectivity index (χ1n) is 9.73. The monoisotopic (exact) mass is 414 g/mol. The summed E-state index contributed by atoms with van der Waals surface area (Å²) in [6.45, 7) is 1.06. The minimum atomic E-state index is -3.26. The van der Waals surface area contributed by atoms with Crippen molar-refractivity contribution in [3.63, 3.8) is 0 Å². The Balaban J connectivity index is 1.50. The van der Waals surface area contributed by atoms with Crippen molar-refractivity contribution in [2.45, 2.75) is 36.4 Å². The van der Waals surface area contributed by atoms with E-state index in [-0.39, 0.29) is 11.9 Å². The SMILES string of the molecule is CN1c2ccc(C3CC3)cc2C(Cl)=CC1N1CCS(=O)(=O)c2ccccc2C1. The normalized spacial score (nSPS) is 24.1. The molecular formula is C22H23ClN2O2S. The molecule has 146 valence electrons. The predicted molar refractivity (Wildman–Crippen MR) is 113 cm³/mol. The summed E-state index contributed by atoms with van der Waals surface area (Å²) in [5.41, 5.74) is 4.40. The van der Waals surface area contributed by atoms with E-state index in [1.165, 1.54) is 18.4 Å². The third-order valence-electron chi connectivity index (χ3n) is 6.10. The molecule has 0 N–H and O–H groups in total. The fourth-order valence-electron chi connectivity index (χ4n) is 4.36. The number of rotatable bonds is 2. The summed E-state index contributed by atoms with van der Waals surface area (Å²) in [6, 6.07) is 13.9. The van der Waals surface area contributed by atoms with E-state index in [0.717, 1.165) is 21.8 Å². The van der Waals surface area contributed by atoms with Crippen LogP contribution in [0.3, 0.4) is 0 Å². The Morgan fingerprint density at radius 3 is 2.68 bits per heavy atom. The summed E-state index contributed by atoms with van der Waals surface area (Å²) < 4.78 is 25.4. The second kappa shape index (κ2) is 6.61. The van der Waals surface area contributed by atoms with Gasteiger partial charge in [0.05, 0.1) is 10.6 Å². The van der Waals surface area contributed by atoms with Gasteiger partial charge in [0.2, 0.25) is 0 Å². The minimum Gasteiger partial charge on any atom is -0.355 e. The Bertz CT molecular complexity index is 1080. The van der Waals surface area contributed by atoms with Crippen LogP contribution in [0.2, 0.25) is 0 Å². The number of likely N-dealkylation sites (N-methyl/N-ethyl adjacent to an activating group) is 1. The van der Waals surface area contributed by atoms with Gasteiger partial charge in [-0.2, -0.15) is 0 Å². The molecule has 28 heavy (non-hydrogen) atoms. The predicted octanol–water partition coefficient (Wildman–Crippen LogP) is 4.21. The number of nitrogens with zero attached hydrogens (tertiary/aromatic N) is 2. The molecule has 0 aromatic heterocycles. The van der Waals surface area contributed by atoms with Crippen LogP contribution in [0, 0.1) is 0 Å². The maximum atomic E-state index is 12.7. The number of benzene rings is 2. The molecule has 6 heteroatoms. The maximum Gasteiger partial charge on any atom is 0.179 e. The number of sulfone groups is 1. The average molecular weight is 415 g/mol. The van der Waals surface area contributed by atoms with E-state index in [4.69, 9.17) is 11.6 Å². The third-order valence-corrected chi connectivity index (χ3v) is 8.22. The van der Waals surface area contributed by atoms with E-state index in [1.54, 1.807) is 12.1 Å². The van der Waals surface area contributed by atoms with Gasteiger partial charge in [-0.3, -0.25) is 4.90 Å². The van der Waals surface area contributed by atoms with Crippen LogP contribution in [0.5, 0.6) is 0 Å². The van der Waals surface area contributed by atoms with E-state index in [1.807, 2.05) is 12.1 Å². The van der Waals surface area contributed by atoms with E-state index in [0.29, 0.717) is 23.9 Å². The van der Waals surface area contributed by atoms with Crippen molar-refractivity contribution in [1.29, 1.82) is 0 Å². The highest BCUT2D eigenvalue weighted by Crippen LogP contribution is 2.44. The zero-order valence-corrected chi connectivity index (χ0v) is 17.4. The summed E-state index contributed by atoms with van der Waals surface area (Å²) >= 11 is 6.71. The molecule has 1 unspecified atom stereocenters. The van der Waals surface area contributed by atoms with Gasteiger partial charge in [0, 0.05) is 36.4 Å². The van der Waals surface area contributed by atoms with E-state index < -0.39 is 9.84 Å². The lowest BCUT2D eigenvalue weighted by Gasteiger charge is -2.40. The third kappa shape index (κ3) is 3.06. The second-order valence-electron chi connectivity index (χ2n) is 7.99. The number of hydrogen-bond donors (Lipinski definition) is 0. The summed E-state index contributed by atoms with van der Waals surface area (Å²) in [4.78, 5) is 4.86. The molecule has 2 aliphatic heterocycles. The molecule has 0 radical (unpaired) electrons. The van der Waals surface area contributed by atoms with Crippen molar-refractivity contribution in [2.24, 2.45) is 0 Å². The molecule has 2 heterocycles. The zero-order valence-electron chi connectivity index (χ0n) is 15.8. The maximum absolute atomic E-state index is 12.7. The van der Waals surface area contributed by atoms with Crippen molar-refractivity contribution < 1.29 is 8.42 Å². The Morgan fingerprint density at radius 1 is 1.11 bits per heavy atom. The fourth-order valence-corrected chi connectivity index (χ4v) is 6.13. The van der Waals surface area contributed by atoms with Crippen LogP contribution >= 0.6 is 11.6 Å². The van der Waals surface area contributed by atoms with Crippen LogP contribution in [0.1, 0.15) is 35.4 Å². The molecule has 1 atom stereocenters. The minimum absolute atomic E-state index is 0.0758. The average Bonchev–Trinajstić information content (AvgIpc) is 3.53. The van der Waals surface area contributed by atoms with Gasteiger partial charge in [-0.05, 0) is 54.2 Å². The van der Waals surface area contributed by atoms with Crippen LogP contribution in [-0.4, -0.2) is 38.8 Å². The molecule has 3 aliphatic rings. The molecule has 1 saturated carbocycles. The quantitative estimate of drug-likeness (QED) is 0.738. The van der Waals surface area contributed by atoms with Crippen LogP contribution in [0.4, 0.5) is 5.69 Å². The fraction of sp³-hybridized carbons (Fsp3) is 0.364. The summed E-state index contributed by atoms with van der Waals surface area (Å²) in [5, 5.41) is 0.751. The lowest BCUT2D eigenvalue weighted by Crippen LogP contribution is -2.47. The lowest BCUT2D eigenvalue weighted by molar-refractivity contribution is 0.232. The van der Waals surface area contributed by atoms with Crippen molar-refractivity contribution in [3.05, 3.63) is 65.2 Å². The van der Waals surface area contributed by atoms with Crippen LogP contribution in [-0.2, 0) is 16.4 Å². The molecule has 0 saturated heterocycles. The van der Waals surface area contributed by atoms with Gasteiger partial charge in [-0.15, -0.1) is 0 Å². The molecule has 4 nitrogen and oxygen atoms in total. The molecule has 5 rings (SSSR count). The van der Waals surface area contributed by atoms with Crippen LogP contribution in [0.25, 0.3) is 5.03 Å². The number of hydrogen-bond acceptors (Lipinski definition) is 4. The summed E-state index contributed by atoms with van der Waals surface area (Å²) in [5.74, 6) is 0.804. The zero-order chi connectivity index (χ0) is 19.5. The van der Waals surface area contributed by atoms with Gasteiger partial charge in [0.15, 0.2) is 9.84 Å². The topological polar surface area (TPSA) is 40.6 Å².